The molecule has 0 unspecified atom stereocenters. The summed E-state index contributed by atoms with van der Waals surface area (Å²) in [4.78, 5) is 52.6. The van der Waals surface area contributed by atoms with E-state index < -0.39 is 34.5 Å². The zero-order valence-corrected chi connectivity index (χ0v) is 20.1. The second-order valence-corrected chi connectivity index (χ2v) is 9.49. The number of methoxy groups -OCH3 is 1. The van der Waals surface area contributed by atoms with E-state index in [4.69, 9.17) is 9.47 Å². The van der Waals surface area contributed by atoms with Gasteiger partial charge in [-0.1, -0.05) is 13.8 Å². The largest absolute Gasteiger partial charge is 0.465 e. The van der Waals surface area contributed by atoms with E-state index in [0.717, 1.165) is 6.07 Å². The maximum atomic E-state index is 13.5. The van der Waals surface area contributed by atoms with Crippen molar-refractivity contribution in [3.8, 4) is 0 Å². The van der Waals surface area contributed by atoms with Crippen molar-refractivity contribution in [2.75, 3.05) is 31.4 Å². The van der Waals surface area contributed by atoms with Gasteiger partial charge in [-0.25, -0.2) is 9.59 Å². The van der Waals surface area contributed by atoms with E-state index in [0.29, 0.717) is 4.90 Å². The zero-order chi connectivity index (χ0) is 24.4. The first-order valence-electron chi connectivity index (χ1n) is 10.1. The van der Waals surface area contributed by atoms with Gasteiger partial charge in [0.2, 0.25) is 5.91 Å². The molecule has 11 heteroatoms. The molecule has 1 aromatic carbocycles. The molecule has 0 radical (unpaired) electrons. The number of nitro groups is 1. The van der Waals surface area contributed by atoms with Crippen molar-refractivity contribution in [3.05, 3.63) is 27.8 Å². The van der Waals surface area contributed by atoms with E-state index in [1.807, 2.05) is 0 Å². The van der Waals surface area contributed by atoms with Crippen LogP contribution in [0.25, 0.3) is 0 Å². The summed E-state index contributed by atoms with van der Waals surface area (Å²) < 4.78 is 10.2. The number of piperazine rings is 1. The Morgan fingerprint density at radius 3 is 2.34 bits per heavy atom. The maximum absolute atomic E-state index is 13.5. The van der Waals surface area contributed by atoms with E-state index in [2.05, 4.69) is 0 Å². The van der Waals surface area contributed by atoms with Gasteiger partial charge in [0.05, 0.1) is 17.6 Å². The third kappa shape index (κ3) is 5.32. The van der Waals surface area contributed by atoms with Crippen molar-refractivity contribution in [1.29, 1.82) is 0 Å². The van der Waals surface area contributed by atoms with Crippen molar-refractivity contribution in [1.82, 2.24) is 4.90 Å². The number of carbonyl (C=O) groups is 3. The van der Waals surface area contributed by atoms with Crippen LogP contribution in [-0.2, 0) is 14.3 Å². The predicted octanol–water partition coefficient (Wildman–Crippen LogP) is 3.71. The Labute approximate surface area is 191 Å². The summed E-state index contributed by atoms with van der Waals surface area (Å²) in [5, 5.41) is 11.8. The molecule has 1 aromatic rings. The summed E-state index contributed by atoms with van der Waals surface area (Å²) in [6.07, 6.45) is 1.11. The van der Waals surface area contributed by atoms with Crippen LogP contribution in [0.2, 0.25) is 0 Å². The fourth-order valence-electron chi connectivity index (χ4n) is 3.52. The second-order valence-electron chi connectivity index (χ2n) is 8.64. The summed E-state index contributed by atoms with van der Waals surface area (Å²) in [6.45, 7) is 9.01. The molecule has 0 saturated carbocycles. The molecule has 0 aromatic heterocycles. The minimum absolute atomic E-state index is 0.0491. The van der Waals surface area contributed by atoms with Crippen molar-refractivity contribution >= 4 is 41.1 Å². The first-order chi connectivity index (χ1) is 14.8. The first-order valence-corrected chi connectivity index (χ1v) is 11.3. The van der Waals surface area contributed by atoms with E-state index >= 15 is 0 Å². The fourth-order valence-corrected chi connectivity index (χ4v) is 4.11. The maximum Gasteiger partial charge on any atom is 0.411 e. The average molecular weight is 468 g/mol. The molecule has 0 spiro atoms. The van der Waals surface area contributed by atoms with Crippen molar-refractivity contribution < 1.29 is 28.8 Å². The number of hydrogen-bond donors (Lipinski definition) is 0. The van der Waals surface area contributed by atoms with Gasteiger partial charge in [0.15, 0.2) is 0 Å². The summed E-state index contributed by atoms with van der Waals surface area (Å²) in [7, 11) is 1.19. The Balaban J connectivity index is 2.52. The van der Waals surface area contributed by atoms with Gasteiger partial charge in [0.25, 0.3) is 5.69 Å². The smallest absolute Gasteiger partial charge is 0.411 e. The normalized spacial score (nSPS) is 16.9. The van der Waals surface area contributed by atoms with E-state index in [9.17, 15) is 24.5 Å². The van der Waals surface area contributed by atoms with Crippen LogP contribution < -0.4 is 4.90 Å². The number of rotatable bonds is 5. The number of nitrogens with zero attached hydrogens (tertiary/aromatic N) is 3. The first kappa shape index (κ1) is 25.4. The van der Waals surface area contributed by atoms with Gasteiger partial charge in [0.1, 0.15) is 17.3 Å². The summed E-state index contributed by atoms with van der Waals surface area (Å²) in [5.74, 6) is -1.41. The van der Waals surface area contributed by atoms with Gasteiger partial charge in [-0.2, -0.15) is 0 Å². The molecule has 2 rings (SSSR count). The number of esters is 1. The van der Waals surface area contributed by atoms with Crippen LogP contribution in [-0.4, -0.2) is 65.9 Å². The average Bonchev–Trinajstić information content (AvgIpc) is 2.70. The molecule has 0 bridgehead atoms. The summed E-state index contributed by atoms with van der Waals surface area (Å²) >= 11 is 1.21. The number of carbonyl (C=O) groups excluding carboxylic acids is 3. The highest BCUT2D eigenvalue weighted by atomic mass is 32.2. The second kappa shape index (κ2) is 9.76. The van der Waals surface area contributed by atoms with Crippen LogP contribution in [0.5, 0.6) is 0 Å². The monoisotopic (exact) mass is 467 g/mol. The molecule has 1 fully saturated rings. The number of thioether (sulfide) groups is 1. The lowest BCUT2D eigenvalue weighted by Crippen LogP contribution is -2.61. The lowest BCUT2D eigenvalue weighted by atomic mass is 9.98. The molecule has 0 aliphatic carbocycles. The van der Waals surface area contributed by atoms with Crippen molar-refractivity contribution in [2.45, 2.75) is 51.2 Å². The minimum atomic E-state index is -0.851. The molecular weight excluding hydrogens is 438 g/mol. The Kier molecular flexibility index (Phi) is 7.76. The lowest BCUT2D eigenvalue weighted by Gasteiger charge is -2.42. The zero-order valence-electron chi connectivity index (χ0n) is 19.3. The number of ether oxygens (including phenoxy) is 2. The molecule has 176 valence electrons. The summed E-state index contributed by atoms with van der Waals surface area (Å²) in [5.41, 5.74) is -0.985. The topological polar surface area (TPSA) is 119 Å². The van der Waals surface area contributed by atoms with Gasteiger partial charge in [-0.05, 0) is 39.0 Å². The highest BCUT2D eigenvalue weighted by Gasteiger charge is 2.43. The third-order valence-electron chi connectivity index (χ3n) is 4.87. The van der Waals surface area contributed by atoms with Crippen LogP contribution >= 0.6 is 11.8 Å². The molecule has 32 heavy (non-hydrogen) atoms. The van der Waals surface area contributed by atoms with Gasteiger partial charge in [-0.3, -0.25) is 19.8 Å². The number of hydrogen-bond acceptors (Lipinski definition) is 8. The Hall–Kier alpha value is -2.82. The molecule has 1 aliphatic heterocycles. The lowest BCUT2D eigenvalue weighted by molar-refractivity contribution is -0.384. The molecule has 2 amide bonds. The van der Waals surface area contributed by atoms with Gasteiger partial charge >= 0.3 is 12.1 Å². The molecular formula is C21H29N3O7S. The van der Waals surface area contributed by atoms with Gasteiger partial charge in [-0.15, -0.1) is 11.8 Å². The highest BCUT2D eigenvalue weighted by Crippen LogP contribution is 2.37. The number of nitro benzene ring substituents is 1. The van der Waals surface area contributed by atoms with Crippen LogP contribution in [0.4, 0.5) is 16.2 Å². The molecule has 10 nitrogen and oxygen atoms in total. The molecule has 1 aliphatic rings. The van der Waals surface area contributed by atoms with Gasteiger partial charge in [0, 0.05) is 24.1 Å². The van der Waals surface area contributed by atoms with E-state index in [1.165, 1.54) is 34.7 Å². The van der Waals surface area contributed by atoms with E-state index in [1.54, 1.807) is 40.9 Å². The predicted molar refractivity (Wildman–Crippen MR) is 120 cm³/mol. The molecule has 1 heterocycles. The molecule has 1 atom stereocenters. The van der Waals surface area contributed by atoms with Crippen molar-refractivity contribution in [3.63, 3.8) is 0 Å². The van der Waals surface area contributed by atoms with E-state index in [-0.39, 0.29) is 35.9 Å². The van der Waals surface area contributed by atoms with Crippen LogP contribution in [0.3, 0.4) is 0 Å². The minimum Gasteiger partial charge on any atom is -0.465 e. The molecule has 1 saturated heterocycles. The SMILES string of the molecule is COC(=O)c1cc([N+](=O)[O-])c(N2CCN(C(=O)OC(C)(C)C)[C@H](C(C)C)C2=O)cc1SC. The Morgan fingerprint density at radius 2 is 1.88 bits per heavy atom. The van der Waals surface area contributed by atoms with Crippen LogP contribution in [0, 0.1) is 16.0 Å². The Morgan fingerprint density at radius 1 is 1.25 bits per heavy atom. The standard InChI is InChI=1S/C21H29N3O7S/c1-12(2)17-18(25)22(8-9-23(17)20(27)31-21(3,4)5)14-11-16(32-7)13(19(26)30-6)10-15(14)24(28)29/h10-12,17H,8-9H2,1-7H3/t17-/m1/s1. The highest BCUT2D eigenvalue weighted by molar-refractivity contribution is 7.98. The number of benzene rings is 1. The molecule has 0 N–H and O–H groups in total. The van der Waals surface area contributed by atoms with Crippen molar-refractivity contribution in [2.24, 2.45) is 5.92 Å². The summed E-state index contributed by atoms with van der Waals surface area (Å²) in [6, 6.07) is 1.73. The quantitative estimate of drug-likeness (QED) is 0.278. The Bertz CT molecular complexity index is 927. The number of anilines is 1. The van der Waals surface area contributed by atoms with Gasteiger partial charge < -0.3 is 14.4 Å². The van der Waals surface area contributed by atoms with Crippen LogP contribution in [0.15, 0.2) is 17.0 Å². The number of amides is 2. The van der Waals surface area contributed by atoms with Crippen LogP contribution in [0.1, 0.15) is 45.0 Å². The fraction of sp³-hybridized carbons (Fsp3) is 0.571. The third-order valence-corrected chi connectivity index (χ3v) is 5.65.